The summed E-state index contributed by atoms with van der Waals surface area (Å²) in [4.78, 5) is 0. The van der Waals surface area contributed by atoms with Crippen molar-refractivity contribution in [2.75, 3.05) is 7.11 Å². The average Bonchev–Trinajstić information content (AvgIpc) is 2.42. The predicted octanol–water partition coefficient (Wildman–Crippen LogP) is 6.17. The lowest BCUT2D eigenvalue weighted by atomic mass is 9.96. The van der Waals surface area contributed by atoms with Gasteiger partial charge in [0.25, 0.3) is 0 Å². The minimum Gasteiger partial charge on any atom is -0.496 e. The highest BCUT2D eigenvalue weighted by molar-refractivity contribution is 9.10. The van der Waals surface area contributed by atoms with Crippen LogP contribution in [0.4, 0.5) is 0 Å². The molecule has 106 valence electrons. The lowest BCUT2D eigenvalue weighted by molar-refractivity contribution is 0.406. The number of rotatable bonds is 3. The lowest BCUT2D eigenvalue weighted by Crippen LogP contribution is -2.03. The Bertz CT molecular complexity index is 623. The fraction of sp³-hybridized carbons (Fsp3) is 0.250. The molecule has 0 heterocycles. The summed E-state index contributed by atoms with van der Waals surface area (Å²) in [6.07, 6.45) is 0. The molecule has 2 rings (SSSR count). The number of benzene rings is 2. The molecule has 0 amide bonds. The Balaban J connectivity index is 2.58. The van der Waals surface area contributed by atoms with Crippen molar-refractivity contribution in [2.24, 2.45) is 0 Å². The number of hydrogen-bond acceptors (Lipinski definition) is 1. The van der Waals surface area contributed by atoms with E-state index in [9.17, 15) is 0 Å². The second kappa shape index (κ2) is 6.50. The van der Waals surface area contributed by atoms with E-state index in [0.29, 0.717) is 0 Å². The van der Waals surface area contributed by atoms with Crippen LogP contribution in [0.25, 0.3) is 0 Å². The van der Waals surface area contributed by atoms with Crippen molar-refractivity contribution in [1.82, 2.24) is 0 Å². The molecule has 0 aromatic heterocycles. The summed E-state index contributed by atoms with van der Waals surface area (Å²) in [5, 5.41) is -0.241. The first-order valence-corrected chi connectivity index (χ1v) is 8.21. The standard InChI is InChI=1S/C16H15Br2ClO/c1-9-8-13(18)10(2)14(16(9)20-3)15(19)11-4-6-12(17)7-5-11/h4-8,15H,1-3H3. The maximum atomic E-state index is 6.70. The topological polar surface area (TPSA) is 9.23 Å². The number of alkyl halides is 1. The Morgan fingerprint density at radius 1 is 1.10 bits per heavy atom. The highest BCUT2D eigenvalue weighted by Crippen LogP contribution is 2.42. The van der Waals surface area contributed by atoms with Crippen LogP contribution in [0.2, 0.25) is 0 Å². The first kappa shape index (κ1) is 15.9. The van der Waals surface area contributed by atoms with Gasteiger partial charge in [0.1, 0.15) is 5.75 Å². The summed E-state index contributed by atoms with van der Waals surface area (Å²) in [6.45, 7) is 4.08. The van der Waals surface area contributed by atoms with Crippen LogP contribution in [-0.4, -0.2) is 7.11 Å². The van der Waals surface area contributed by atoms with Crippen molar-refractivity contribution >= 4 is 43.5 Å². The highest BCUT2D eigenvalue weighted by atomic mass is 79.9. The van der Waals surface area contributed by atoms with Crippen molar-refractivity contribution < 1.29 is 4.74 Å². The molecule has 0 saturated carbocycles. The average molecular weight is 419 g/mol. The molecule has 1 unspecified atom stereocenters. The van der Waals surface area contributed by atoms with Gasteiger partial charge in [0.2, 0.25) is 0 Å². The van der Waals surface area contributed by atoms with Gasteiger partial charge in [0.05, 0.1) is 12.5 Å². The summed E-state index contributed by atoms with van der Waals surface area (Å²) < 4.78 is 7.65. The Labute approximate surface area is 141 Å². The molecule has 0 aliphatic carbocycles. The Hall–Kier alpha value is -0.510. The van der Waals surface area contributed by atoms with Gasteiger partial charge in [-0.2, -0.15) is 0 Å². The molecular formula is C16H15Br2ClO. The second-order valence-corrected chi connectivity index (χ2v) is 6.87. The molecule has 0 saturated heterocycles. The van der Waals surface area contributed by atoms with E-state index in [-0.39, 0.29) is 5.38 Å². The van der Waals surface area contributed by atoms with E-state index < -0.39 is 0 Å². The molecule has 0 spiro atoms. The number of hydrogen-bond donors (Lipinski definition) is 0. The summed E-state index contributed by atoms with van der Waals surface area (Å²) in [5.41, 5.74) is 4.25. The first-order chi connectivity index (χ1) is 9.45. The smallest absolute Gasteiger partial charge is 0.127 e. The maximum Gasteiger partial charge on any atom is 0.127 e. The molecule has 2 aromatic rings. The van der Waals surface area contributed by atoms with E-state index in [1.807, 2.05) is 31.2 Å². The maximum absolute atomic E-state index is 6.70. The zero-order valence-electron chi connectivity index (χ0n) is 11.5. The summed E-state index contributed by atoms with van der Waals surface area (Å²) >= 11 is 13.7. The SMILES string of the molecule is COc1c(C)cc(Br)c(C)c1C(Cl)c1ccc(Br)cc1. The molecule has 0 fully saturated rings. The van der Waals surface area contributed by atoms with Gasteiger partial charge in [-0.1, -0.05) is 44.0 Å². The zero-order chi connectivity index (χ0) is 14.9. The summed E-state index contributed by atoms with van der Waals surface area (Å²) in [7, 11) is 1.68. The highest BCUT2D eigenvalue weighted by Gasteiger charge is 2.21. The van der Waals surface area contributed by atoms with Gasteiger partial charge < -0.3 is 4.74 Å². The molecule has 20 heavy (non-hydrogen) atoms. The van der Waals surface area contributed by atoms with Crippen molar-refractivity contribution in [3.05, 3.63) is 61.5 Å². The minimum atomic E-state index is -0.241. The van der Waals surface area contributed by atoms with Gasteiger partial charge in [-0.15, -0.1) is 11.6 Å². The van der Waals surface area contributed by atoms with Gasteiger partial charge >= 0.3 is 0 Å². The van der Waals surface area contributed by atoms with Crippen molar-refractivity contribution in [1.29, 1.82) is 0 Å². The van der Waals surface area contributed by atoms with Gasteiger partial charge in [0.15, 0.2) is 0 Å². The molecule has 0 aliphatic heterocycles. The summed E-state index contributed by atoms with van der Waals surface area (Å²) in [5.74, 6) is 0.855. The lowest BCUT2D eigenvalue weighted by Gasteiger charge is -2.20. The monoisotopic (exact) mass is 416 g/mol. The molecule has 1 atom stereocenters. The molecule has 4 heteroatoms. The third-order valence-electron chi connectivity index (χ3n) is 3.33. The predicted molar refractivity (Wildman–Crippen MR) is 92.0 cm³/mol. The fourth-order valence-corrected chi connectivity index (χ4v) is 3.48. The van der Waals surface area contributed by atoms with Crippen LogP contribution >= 0.6 is 43.5 Å². The number of halogens is 3. The molecule has 0 aliphatic rings. The zero-order valence-corrected chi connectivity index (χ0v) is 15.4. The van der Waals surface area contributed by atoms with Gasteiger partial charge in [-0.05, 0) is 48.7 Å². The van der Waals surface area contributed by atoms with E-state index in [0.717, 1.165) is 36.9 Å². The Kier molecular flexibility index (Phi) is 5.16. The van der Waals surface area contributed by atoms with Crippen molar-refractivity contribution in [2.45, 2.75) is 19.2 Å². The van der Waals surface area contributed by atoms with Crippen LogP contribution in [-0.2, 0) is 0 Å². The van der Waals surface area contributed by atoms with Gasteiger partial charge in [0, 0.05) is 14.5 Å². The van der Waals surface area contributed by atoms with Crippen LogP contribution in [0.5, 0.6) is 5.75 Å². The van der Waals surface area contributed by atoms with Crippen LogP contribution < -0.4 is 4.74 Å². The van der Waals surface area contributed by atoms with E-state index >= 15 is 0 Å². The largest absolute Gasteiger partial charge is 0.496 e. The van der Waals surface area contributed by atoms with E-state index in [2.05, 4.69) is 44.8 Å². The van der Waals surface area contributed by atoms with Gasteiger partial charge in [-0.25, -0.2) is 0 Å². The van der Waals surface area contributed by atoms with E-state index in [1.165, 1.54) is 0 Å². The van der Waals surface area contributed by atoms with Crippen LogP contribution in [0, 0.1) is 13.8 Å². The molecule has 1 nitrogen and oxygen atoms in total. The fourth-order valence-electron chi connectivity index (χ4n) is 2.25. The quantitative estimate of drug-likeness (QED) is 0.542. The van der Waals surface area contributed by atoms with Crippen molar-refractivity contribution in [3.63, 3.8) is 0 Å². The number of methoxy groups -OCH3 is 1. The molecule has 2 aromatic carbocycles. The second-order valence-electron chi connectivity index (χ2n) is 4.66. The Morgan fingerprint density at radius 3 is 2.25 bits per heavy atom. The third kappa shape index (κ3) is 3.05. The van der Waals surface area contributed by atoms with Gasteiger partial charge in [-0.3, -0.25) is 0 Å². The number of ether oxygens (including phenoxy) is 1. The van der Waals surface area contributed by atoms with E-state index in [1.54, 1.807) is 7.11 Å². The molecule has 0 N–H and O–H groups in total. The van der Waals surface area contributed by atoms with Crippen LogP contribution in [0.3, 0.4) is 0 Å². The minimum absolute atomic E-state index is 0.241. The molecule has 0 radical (unpaired) electrons. The van der Waals surface area contributed by atoms with Crippen molar-refractivity contribution in [3.8, 4) is 5.75 Å². The molecule has 0 bridgehead atoms. The summed E-state index contributed by atoms with van der Waals surface area (Å²) in [6, 6.07) is 10.1. The normalized spacial score (nSPS) is 12.3. The molecular weight excluding hydrogens is 403 g/mol. The first-order valence-electron chi connectivity index (χ1n) is 6.18. The third-order valence-corrected chi connectivity index (χ3v) is 5.15. The number of aryl methyl sites for hydroxylation is 1. The van der Waals surface area contributed by atoms with E-state index in [4.69, 9.17) is 16.3 Å². The Morgan fingerprint density at radius 2 is 1.70 bits per heavy atom. The van der Waals surface area contributed by atoms with Crippen LogP contribution in [0.15, 0.2) is 39.3 Å². The van der Waals surface area contributed by atoms with Crippen LogP contribution in [0.1, 0.15) is 27.6 Å².